The lowest BCUT2D eigenvalue weighted by Crippen LogP contribution is -2.29. The van der Waals surface area contributed by atoms with Crippen LogP contribution >= 0.6 is 11.8 Å². The van der Waals surface area contributed by atoms with Gasteiger partial charge in [0.05, 0.1) is 18.5 Å². The smallest absolute Gasteiger partial charge is 0.251 e. The van der Waals surface area contributed by atoms with Crippen LogP contribution in [-0.2, 0) is 16.6 Å². The van der Waals surface area contributed by atoms with Gasteiger partial charge in [-0.05, 0) is 73.9 Å². The van der Waals surface area contributed by atoms with E-state index in [0.717, 1.165) is 22.4 Å². The predicted molar refractivity (Wildman–Crippen MR) is 138 cm³/mol. The maximum Gasteiger partial charge on any atom is 0.251 e. The van der Waals surface area contributed by atoms with Crippen molar-refractivity contribution in [1.82, 2.24) is 5.32 Å². The second-order valence-electron chi connectivity index (χ2n) is 8.15. The van der Waals surface area contributed by atoms with Crippen molar-refractivity contribution in [3.8, 4) is 0 Å². The highest BCUT2D eigenvalue weighted by atomic mass is 32.2. The summed E-state index contributed by atoms with van der Waals surface area (Å²) in [5.41, 5.74) is 5.37. The Labute approximate surface area is 201 Å². The number of anilines is 1. The molecule has 0 aliphatic heterocycles. The van der Waals surface area contributed by atoms with Crippen molar-refractivity contribution in [2.24, 2.45) is 0 Å². The van der Waals surface area contributed by atoms with Crippen LogP contribution in [0.2, 0.25) is 0 Å². The zero-order chi connectivity index (χ0) is 24.0. The Hall–Kier alpha value is -2.77. The Morgan fingerprint density at radius 2 is 1.58 bits per heavy atom. The number of sulfonamides is 1. The molecule has 33 heavy (non-hydrogen) atoms. The van der Waals surface area contributed by atoms with Crippen molar-refractivity contribution < 1.29 is 13.2 Å². The molecule has 0 fully saturated rings. The fraction of sp³-hybridized carbons (Fsp3) is 0.269. The maximum atomic E-state index is 12.5. The predicted octanol–water partition coefficient (Wildman–Crippen LogP) is 5.10. The molecular weight excluding hydrogens is 452 g/mol. The van der Waals surface area contributed by atoms with E-state index >= 15 is 0 Å². The number of amides is 1. The maximum absolute atomic E-state index is 12.5. The number of rotatable bonds is 9. The van der Waals surface area contributed by atoms with E-state index in [1.54, 1.807) is 36.0 Å². The lowest BCUT2D eigenvalue weighted by atomic mass is 10.1. The molecule has 0 heterocycles. The molecule has 3 aromatic carbocycles. The van der Waals surface area contributed by atoms with Gasteiger partial charge < -0.3 is 5.32 Å². The van der Waals surface area contributed by atoms with Crippen LogP contribution in [0.4, 0.5) is 5.69 Å². The van der Waals surface area contributed by atoms with Gasteiger partial charge in [0.15, 0.2) is 0 Å². The average molecular weight is 483 g/mol. The lowest BCUT2D eigenvalue weighted by molar-refractivity contribution is 0.0956. The fourth-order valence-electron chi connectivity index (χ4n) is 3.28. The first-order chi connectivity index (χ1) is 15.6. The Kier molecular flexibility index (Phi) is 8.21. The summed E-state index contributed by atoms with van der Waals surface area (Å²) in [5.74, 6) is 0.645. The van der Waals surface area contributed by atoms with E-state index in [1.807, 2.05) is 32.0 Å². The van der Waals surface area contributed by atoms with E-state index in [0.29, 0.717) is 17.8 Å². The van der Waals surface area contributed by atoms with Crippen molar-refractivity contribution >= 4 is 33.4 Å². The third kappa shape index (κ3) is 7.11. The first-order valence-corrected chi connectivity index (χ1v) is 13.6. The second-order valence-corrected chi connectivity index (χ2v) is 11.2. The normalized spacial score (nSPS) is 11.3. The van der Waals surface area contributed by atoms with Crippen LogP contribution in [0.5, 0.6) is 0 Å². The molecule has 1 N–H and O–H groups in total. The Balaban J connectivity index is 1.59. The van der Waals surface area contributed by atoms with Crippen molar-refractivity contribution in [1.29, 1.82) is 0 Å². The van der Waals surface area contributed by atoms with E-state index in [2.05, 4.69) is 36.5 Å². The lowest BCUT2D eigenvalue weighted by Gasteiger charge is -2.23. The summed E-state index contributed by atoms with van der Waals surface area (Å²) >= 11 is 1.70. The van der Waals surface area contributed by atoms with E-state index in [1.165, 1.54) is 21.0 Å². The van der Waals surface area contributed by atoms with Gasteiger partial charge in [-0.25, -0.2) is 8.42 Å². The second kappa shape index (κ2) is 10.9. The summed E-state index contributed by atoms with van der Waals surface area (Å²) < 4.78 is 26.3. The van der Waals surface area contributed by atoms with Crippen molar-refractivity contribution in [2.45, 2.75) is 32.2 Å². The van der Waals surface area contributed by atoms with Crippen LogP contribution in [0.25, 0.3) is 0 Å². The molecule has 0 saturated heterocycles. The molecule has 0 spiro atoms. The standard InChI is InChI=1S/C26H30N2O3S2/c1-19-5-13-25(14-6-19)32-16-15-27-26(29)23-10-8-22(9-11-23)18-28(33(4,30)31)24-12-7-20(2)21(3)17-24/h5-14,17H,15-16,18H2,1-4H3,(H,27,29). The fourth-order valence-corrected chi connectivity index (χ4v) is 4.93. The number of hydrogen-bond acceptors (Lipinski definition) is 4. The highest BCUT2D eigenvalue weighted by Crippen LogP contribution is 2.24. The molecule has 0 radical (unpaired) electrons. The zero-order valence-electron chi connectivity index (χ0n) is 19.5. The van der Waals surface area contributed by atoms with Crippen molar-refractivity contribution in [3.63, 3.8) is 0 Å². The highest BCUT2D eigenvalue weighted by molar-refractivity contribution is 7.99. The number of benzene rings is 3. The molecule has 0 saturated carbocycles. The van der Waals surface area contributed by atoms with Crippen molar-refractivity contribution in [2.75, 3.05) is 22.9 Å². The molecule has 0 atom stereocenters. The summed E-state index contributed by atoms with van der Waals surface area (Å²) in [5, 5.41) is 2.94. The van der Waals surface area contributed by atoms with Crippen LogP contribution in [0.3, 0.4) is 0 Å². The number of thioether (sulfide) groups is 1. The van der Waals surface area contributed by atoms with Crippen LogP contribution in [0.15, 0.2) is 71.6 Å². The summed E-state index contributed by atoms with van der Waals surface area (Å²) in [6, 6.07) is 21.0. The number of nitrogens with zero attached hydrogens (tertiary/aromatic N) is 1. The van der Waals surface area contributed by atoms with E-state index in [9.17, 15) is 13.2 Å². The number of aryl methyl sites for hydroxylation is 3. The summed E-state index contributed by atoms with van der Waals surface area (Å²) in [7, 11) is -3.46. The quantitative estimate of drug-likeness (QED) is 0.340. The molecule has 5 nitrogen and oxygen atoms in total. The Morgan fingerprint density at radius 3 is 2.18 bits per heavy atom. The SMILES string of the molecule is Cc1ccc(SCCNC(=O)c2ccc(CN(c3ccc(C)c(C)c3)S(C)(=O)=O)cc2)cc1. The van der Waals surface area contributed by atoms with Crippen LogP contribution in [-0.4, -0.2) is 32.9 Å². The van der Waals surface area contributed by atoms with Gasteiger partial charge in [-0.2, -0.15) is 0 Å². The van der Waals surface area contributed by atoms with E-state index < -0.39 is 10.0 Å². The topological polar surface area (TPSA) is 66.5 Å². The zero-order valence-corrected chi connectivity index (χ0v) is 21.1. The number of carbonyl (C=O) groups is 1. The molecule has 1 amide bonds. The molecule has 0 aliphatic rings. The van der Waals surface area contributed by atoms with Crippen molar-refractivity contribution in [3.05, 3.63) is 94.5 Å². The van der Waals surface area contributed by atoms with Gasteiger partial charge in [-0.3, -0.25) is 9.10 Å². The van der Waals surface area contributed by atoms with Gasteiger partial charge in [-0.15, -0.1) is 11.8 Å². The number of carbonyl (C=O) groups excluding carboxylic acids is 1. The molecule has 3 aromatic rings. The third-order valence-corrected chi connectivity index (χ3v) is 7.55. The molecule has 0 aromatic heterocycles. The van der Waals surface area contributed by atoms with Gasteiger partial charge >= 0.3 is 0 Å². The minimum atomic E-state index is -3.46. The third-order valence-electron chi connectivity index (χ3n) is 5.40. The minimum Gasteiger partial charge on any atom is -0.351 e. The van der Waals surface area contributed by atoms with E-state index in [4.69, 9.17) is 0 Å². The van der Waals surface area contributed by atoms with E-state index in [-0.39, 0.29) is 12.5 Å². The monoisotopic (exact) mass is 482 g/mol. The van der Waals surface area contributed by atoms with Crippen LogP contribution in [0, 0.1) is 20.8 Å². The van der Waals surface area contributed by atoms with Gasteiger partial charge in [0.25, 0.3) is 5.91 Å². The molecule has 0 aliphatic carbocycles. The summed E-state index contributed by atoms with van der Waals surface area (Å²) in [6.45, 7) is 6.78. The summed E-state index contributed by atoms with van der Waals surface area (Å²) in [4.78, 5) is 13.6. The van der Waals surface area contributed by atoms with Gasteiger partial charge in [0.2, 0.25) is 10.0 Å². The van der Waals surface area contributed by atoms with Gasteiger partial charge in [0, 0.05) is 22.8 Å². The largest absolute Gasteiger partial charge is 0.351 e. The molecule has 7 heteroatoms. The van der Waals surface area contributed by atoms with Crippen LogP contribution in [0.1, 0.15) is 32.6 Å². The number of hydrogen-bond donors (Lipinski definition) is 1. The average Bonchev–Trinajstić information content (AvgIpc) is 2.78. The first-order valence-electron chi connectivity index (χ1n) is 10.7. The Bertz CT molecular complexity index is 1210. The van der Waals surface area contributed by atoms with Gasteiger partial charge in [-0.1, -0.05) is 35.9 Å². The Morgan fingerprint density at radius 1 is 0.909 bits per heavy atom. The first kappa shape index (κ1) is 24.9. The number of nitrogens with one attached hydrogen (secondary N) is 1. The van der Waals surface area contributed by atoms with Crippen LogP contribution < -0.4 is 9.62 Å². The molecule has 0 unspecified atom stereocenters. The molecule has 174 valence electrons. The highest BCUT2D eigenvalue weighted by Gasteiger charge is 2.18. The molecule has 0 bridgehead atoms. The molecular formula is C26H30N2O3S2. The summed E-state index contributed by atoms with van der Waals surface area (Å²) in [6.07, 6.45) is 1.21. The molecule has 3 rings (SSSR count). The minimum absolute atomic E-state index is 0.139. The van der Waals surface area contributed by atoms with Gasteiger partial charge in [0.1, 0.15) is 0 Å².